The number of nitrogens with one attached hydrogen (secondary N) is 2. The van der Waals surface area contributed by atoms with Crippen molar-refractivity contribution in [1.82, 2.24) is 20.5 Å². The van der Waals surface area contributed by atoms with Crippen molar-refractivity contribution in [1.29, 1.82) is 0 Å². The molecule has 1 saturated heterocycles. The molecule has 11 nitrogen and oxygen atoms in total. The number of imide groups is 1. The molecule has 32 heavy (non-hydrogen) atoms. The first-order chi connectivity index (χ1) is 15.3. The Labute approximate surface area is 180 Å². The van der Waals surface area contributed by atoms with Gasteiger partial charge in [0.05, 0.1) is 19.2 Å². The fraction of sp³-hybridized carbons (Fsp3) is 0.190. The second-order valence-corrected chi connectivity index (χ2v) is 7.58. The van der Waals surface area contributed by atoms with E-state index in [2.05, 4.69) is 15.6 Å². The van der Waals surface area contributed by atoms with E-state index < -0.39 is 23.4 Å². The van der Waals surface area contributed by atoms with Crippen LogP contribution in [0.3, 0.4) is 0 Å². The minimum absolute atomic E-state index is 0.0753. The number of rotatable bonds is 5. The van der Waals surface area contributed by atoms with Gasteiger partial charge in [-0.05, 0) is 23.8 Å². The number of fused-ring (bicyclic) bond motifs is 2. The summed E-state index contributed by atoms with van der Waals surface area (Å²) in [6, 6.07) is 7.33. The van der Waals surface area contributed by atoms with Gasteiger partial charge in [-0.25, -0.2) is 4.79 Å². The number of hydrogen-bond acceptors (Lipinski definition) is 7. The number of methoxy groups -OCH3 is 1. The van der Waals surface area contributed by atoms with Crippen LogP contribution in [0, 0.1) is 0 Å². The van der Waals surface area contributed by atoms with Crippen molar-refractivity contribution in [2.45, 2.75) is 12.1 Å². The Morgan fingerprint density at radius 2 is 2.09 bits per heavy atom. The number of carbonyl (C=O) groups is 4. The Kier molecular flexibility index (Phi) is 4.16. The first-order valence-corrected chi connectivity index (χ1v) is 9.60. The van der Waals surface area contributed by atoms with Crippen LogP contribution in [0.5, 0.6) is 5.75 Å². The van der Waals surface area contributed by atoms with Gasteiger partial charge in [0, 0.05) is 24.4 Å². The monoisotopic (exact) mass is 435 g/mol. The number of benzene rings is 1. The number of hydrogen-bond donors (Lipinski definition) is 3. The quantitative estimate of drug-likeness (QED) is 0.496. The molecule has 0 aliphatic carbocycles. The van der Waals surface area contributed by atoms with Gasteiger partial charge >= 0.3 is 6.03 Å². The Bertz CT molecular complexity index is 1330. The van der Waals surface area contributed by atoms with Gasteiger partial charge in [-0.15, -0.1) is 0 Å². The van der Waals surface area contributed by atoms with E-state index in [-0.39, 0.29) is 35.9 Å². The third-order valence-electron chi connectivity index (χ3n) is 5.64. The molecule has 1 aromatic carbocycles. The van der Waals surface area contributed by atoms with Gasteiger partial charge in [-0.2, -0.15) is 0 Å². The number of pyridine rings is 1. The highest BCUT2D eigenvalue weighted by atomic mass is 16.5. The lowest BCUT2D eigenvalue weighted by Crippen LogP contribution is -2.52. The number of nitrogens with two attached hydrogens (primary N) is 1. The van der Waals surface area contributed by atoms with E-state index in [9.17, 15) is 19.2 Å². The van der Waals surface area contributed by atoms with E-state index in [0.29, 0.717) is 16.8 Å². The SMILES string of the molecule is COc1ccc2c(c1)C(=O)N(CC1(c3cc4ncc(C(N)=O)cc4o3)NC(=O)NC1=O)C2. The van der Waals surface area contributed by atoms with Crippen LogP contribution in [-0.2, 0) is 16.9 Å². The molecular formula is C21H17N5O6. The summed E-state index contributed by atoms with van der Waals surface area (Å²) in [4.78, 5) is 55.1. The van der Waals surface area contributed by atoms with Crippen LogP contribution < -0.4 is 21.1 Å². The largest absolute Gasteiger partial charge is 0.497 e. The highest BCUT2D eigenvalue weighted by Crippen LogP contribution is 2.34. The topological polar surface area (TPSA) is 157 Å². The smallest absolute Gasteiger partial charge is 0.322 e. The second kappa shape index (κ2) is 6.80. The van der Waals surface area contributed by atoms with Crippen molar-refractivity contribution in [3.8, 4) is 5.75 Å². The summed E-state index contributed by atoms with van der Waals surface area (Å²) in [6.45, 7) is 0.0657. The Morgan fingerprint density at radius 1 is 1.28 bits per heavy atom. The number of amides is 5. The molecule has 5 rings (SSSR count). The van der Waals surface area contributed by atoms with E-state index in [1.807, 2.05) is 0 Å². The summed E-state index contributed by atoms with van der Waals surface area (Å²) in [7, 11) is 1.51. The van der Waals surface area contributed by atoms with Crippen molar-refractivity contribution in [2.24, 2.45) is 5.73 Å². The van der Waals surface area contributed by atoms with Gasteiger partial charge in [0.15, 0.2) is 11.1 Å². The Balaban J connectivity index is 1.55. The van der Waals surface area contributed by atoms with E-state index in [4.69, 9.17) is 14.9 Å². The zero-order valence-electron chi connectivity index (χ0n) is 16.8. The minimum Gasteiger partial charge on any atom is -0.497 e. The lowest BCUT2D eigenvalue weighted by Gasteiger charge is -2.28. The predicted molar refractivity (Wildman–Crippen MR) is 109 cm³/mol. The van der Waals surface area contributed by atoms with Gasteiger partial charge in [-0.3, -0.25) is 24.7 Å². The maximum atomic E-state index is 13.0. The third-order valence-corrected chi connectivity index (χ3v) is 5.64. The molecule has 2 aliphatic heterocycles. The van der Waals surface area contributed by atoms with Crippen molar-refractivity contribution < 1.29 is 28.3 Å². The number of ether oxygens (including phenoxy) is 1. The molecule has 0 spiro atoms. The zero-order chi connectivity index (χ0) is 22.6. The molecular weight excluding hydrogens is 418 g/mol. The van der Waals surface area contributed by atoms with Crippen LogP contribution in [0.25, 0.3) is 11.1 Å². The molecule has 3 aromatic rings. The number of aromatic nitrogens is 1. The van der Waals surface area contributed by atoms with E-state index >= 15 is 0 Å². The maximum Gasteiger partial charge on any atom is 0.322 e. The molecule has 1 unspecified atom stereocenters. The number of carbonyl (C=O) groups excluding carboxylic acids is 4. The highest BCUT2D eigenvalue weighted by molar-refractivity contribution is 6.08. The molecule has 0 saturated carbocycles. The average Bonchev–Trinajstić information content (AvgIpc) is 3.41. The van der Waals surface area contributed by atoms with Gasteiger partial charge in [0.2, 0.25) is 5.91 Å². The van der Waals surface area contributed by atoms with Crippen LogP contribution in [-0.4, -0.2) is 47.3 Å². The van der Waals surface area contributed by atoms with Gasteiger partial charge in [0.1, 0.15) is 17.0 Å². The van der Waals surface area contributed by atoms with E-state index in [1.54, 1.807) is 18.2 Å². The van der Waals surface area contributed by atoms with Crippen LogP contribution in [0.15, 0.2) is 40.9 Å². The van der Waals surface area contributed by atoms with Crippen molar-refractivity contribution in [3.63, 3.8) is 0 Å². The lowest BCUT2D eigenvalue weighted by molar-refractivity contribution is -0.125. The van der Waals surface area contributed by atoms with Gasteiger partial charge < -0.3 is 25.1 Å². The Hall–Kier alpha value is -4.41. The van der Waals surface area contributed by atoms with Crippen LogP contribution in [0.4, 0.5) is 4.79 Å². The summed E-state index contributed by atoms with van der Waals surface area (Å²) in [5.41, 5.74) is 5.55. The normalized spacial score (nSPS) is 19.8. The summed E-state index contributed by atoms with van der Waals surface area (Å²) in [6.07, 6.45) is 1.29. The number of nitrogens with zero attached hydrogens (tertiary/aromatic N) is 2. The van der Waals surface area contributed by atoms with Gasteiger partial charge in [-0.1, -0.05) is 6.07 Å². The number of primary amides is 1. The van der Waals surface area contributed by atoms with Crippen LogP contribution >= 0.6 is 0 Å². The standard InChI is InChI=1S/C21H17N5O6/c1-31-12-3-2-10-8-26(18(28)13(10)5-12)9-21(19(29)24-20(30)25-21)16-6-14-15(32-16)4-11(7-23-14)17(22)27/h2-7H,8-9H2,1H3,(H2,22,27)(H2,24,25,29,30). The molecule has 4 N–H and O–H groups in total. The van der Waals surface area contributed by atoms with Crippen LogP contribution in [0.1, 0.15) is 32.0 Å². The molecule has 11 heteroatoms. The summed E-state index contributed by atoms with van der Waals surface area (Å²) >= 11 is 0. The first-order valence-electron chi connectivity index (χ1n) is 9.60. The highest BCUT2D eigenvalue weighted by Gasteiger charge is 2.53. The third kappa shape index (κ3) is 2.86. The number of urea groups is 1. The summed E-state index contributed by atoms with van der Waals surface area (Å²) in [5, 5.41) is 4.80. The van der Waals surface area contributed by atoms with E-state index in [0.717, 1.165) is 5.56 Å². The molecule has 1 atom stereocenters. The van der Waals surface area contributed by atoms with Crippen molar-refractivity contribution in [3.05, 3.63) is 59.0 Å². The average molecular weight is 435 g/mol. The van der Waals surface area contributed by atoms with Crippen molar-refractivity contribution >= 4 is 34.9 Å². The second-order valence-electron chi connectivity index (χ2n) is 7.58. The van der Waals surface area contributed by atoms with E-state index in [1.165, 1.54) is 30.3 Å². The van der Waals surface area contributed by atoms with Crippen molar-refractivity contribution in [2.75, 3.05) is 13.7 Å². The predicted octanol–water partition coefficient (Wildman–Crippen LogP) is 0.626. The minimum atomic E-state index is -1.67. The maximum absolute atomic E-state index is 13.0. The fourth-order valence-electron chi connectivity index (χ4n) is 4.00. The zero-order valence-corrected chi connectivity index (χ0v) is 16.8. The molecule has 5 amide bonds. The summed E-state index contributed by atoms with van der Waals surface area (Å²) in [5.74, 6) is -1.05. The molecule has 4 heterocycles. The molecule has 162 valence electrons. The number of furan rings is 1. The van der Waals surface area contributed by atoms with Gasteiger partial charge in [0.25, 0.3) is 11.8 Å². The molecule has 2 aliphatic rings. The summed E-state index contributed by atoms with van der Waals surface area (Å²) < 4.78 is 11.0. The van der Waals surface area contributed by atoms with Crippen LogP contribution in [0.2, 0.25) is 0 Å². The lowest BCUT2D eigenvalue weighted by atomic mass is 9.95. The molecule has 0 radical (unpaired) electrons. The fourth-order valence-corrected chi connectivity index (χ4v) is 4.00. The molecule has 0 bridgehead atoms. The molecule has 2 aromatic heterocycles. The Morgan fingerprint density at radius 3 is 2.78 bits per heavy atom. The molecule has 1 fully saturated rings. The first kappa shape index (κ1) is 19.5.